The number of hydrogen-bond donors (Lipinski definition) is 0. The summed E-state index contributed by atoms with van der Waals surface area (Å²) in [5, 5.41) is 0. The van der Waals surface area contributed by atoms with Crippen LogP contribution in [0.3, 0.4) is 0 Å². The molecule has 0 bridgehead atoms. The van der Waals surface area contributed by atoms with Crippen molar-refractivity contribution in [3.05, 3.63) is 109 Å². The van der Waals surface area contributed by atoms with Gasteiger partial charge in [-0.3, -0.25) is 0 Å². The largest absolute Gasteiger partial charge is 0.465 e. The average molecular weight is 314 g/mol. The zero-order chi connectivity index (χ0) is 16.5. The van der Waals surface area contributed by atoms with Gasteiger partial charge < -0.3 is 9.47 Å². The van der Waals surface area contributed by atoms with E-state index in [1.807, 2.05) is 97.1 Å². The second kappa shape index (κ2) is 8.39. The molecule has 0 heterocycles. The Bertz CT molecular complexity index is 718. The van der Waals surface area contributed by atoms with Crippen LogP contribution in [0.25, 0.3) is 12.2 Å². The molecule has 3 aromatic rings. The average Bonchev–Trinajstić information content (AvgIpc) is 2.65. The lowest BCUT2D eigenvalue weighted by Gasteiger charge is -2.03. The molecule has 2 heteroatoms. The first-order valence-corrected chi connectivity index (χ1v) is 7.77. The molecule has 0 aromatic heterocycles. The minimum Gasteiger partial charge on any atom is -0.465 e. The van der Waals surface area contributed by atoms with Gasteiger partial charge in [0.25, 0.3) is 0 Å². The summed E-state index contributed by atoms with van der Waals surface area (Å²) < 4.78 is 11.2. The fourth-order valence-corrected chi connectivity index (χ4v) is 2.11. The van der Waals surface area contributed by atoms with Gasteiger partial charge in [-0.25, -0.2) is 0 Å². The van der Waals surface area contributed by atoms with Gasteiger partial charge in [-0.1, -0.05) is 60.7 Å². The lowest BCUT2D eigenvalue weighted by molar-refractivity contribution is 0.471. The summed E-state index contributed by atoms with van der Waals surface area (Å²) in [7, 11) is 0. The van der Waals surface area contributed by atoms with Crippen LogP contribution in [0.1, 0.15) is 11.1 Å². The van der Waals surface area contributed by atoms with Crippen LogP contribution in [0.5, 0.6) is 11.5 Å². The molecule has 0 saturated heterocycles. The molecule has 0 aliphatic heterocycles. The standard InChI is InChI=1S/C22H18O2/c1-3-7-19(8-4-1)15-17-23-21-11-13-22(14-12-21)24-18-16-20-9-5-2-6-10-20/h1-18H. The van der Waals surface area contributed by atoms with Gasteiger partial charge in [-0.05, 0) is 47.5 Å². The minimum absolute atomic E-state index is 0.765. The van der Waals surface area contributed by atoms with Crippen molar-refractivity contribution in [1.82, 2.24) is 0 Å². The number of rotatable bonds is 6. The second-order valence-corrected chi connectivity index (χ2v) is 5.13. The van der Waals surface area contributed by atoms with E-state index in [2.05, 4.69) is 0 Å². The molecule has 0 radical (unpaired) electrons. The van der Waals surface area contributed by atoms with E-state index >= 15 is 0 Å². The van der Waals surface area contributed by atoms with Crippen molar-refractivity contribution in [3.63, 3.8) is 0 Å². The summed E-state index contributed by atoms with van der Waals surface area (Å²) in [6.45, 7) is 0. The van der Waals surface area contributed by atoms with Crippen LogP contribution in [0.4, 0.5) is 0 Å². The van der Waals surface area contributed by atoms with Gasteiger partial charge in [-0.15, -0.1) is 0 Å². The van der Waals surface area contributed by atoms with Crippen LogP contribution >= 0.6 is 0 Å². The van der Waals surface area contributed by atoms with Crippen molar-refractivity contribution in [1.29, 1.82) is 0 Å². The number of hydrogen-bond acceptors (Lipinski definition) is 2. The van der Waals surface area contributed by atoms with E-state index in [0.717, 1.165) is 22.6 Å². The lowest BCUT2D eigenvalue weighted by Crippen LogP contribution is -1.84. The van der Waals surface area contributed by atoms with Crippen LogP contribution in [0.15, 0.2) is 97.5 Å². The molecule has 118 valence electrons. The molecule has 0 spiro atoms. The molecule has 0 aliphatic rings. The van der Waals surface area contributed by atoms with Gasteiger partial charge in [0, 0.05) is 0 Å². The molecule has 0 amide bonds. The lowest BCUT2D eigenvalue weighted by atomic mass is 10.2. The first-order valence-electron chi connectivity index (χ1n) is 7.77. The zero-order valence-corrected chi connectivity index (χ0v) is 13.2. The quantitative estimate of drug-likeness (QED) is 0.536. The van der Waals surface area contributed by atoms with Crippen LogP contribution in [-0.2, 0) is 0 Å². The molecule has 2 nitrogen and oxygen atoms in total. The van der Waals surface area contributed by atoms with E-state index in [0.29, 0.717) is 0 Å². The predicted octanol–water partition coefficient (Wildman–Crippen LogP) is 5.79. The summed E-state index contributed by atoms with van der Waals surface area (Å²) in [5.74, 6) is 1.53. The smallest absolute Gasteiger partial charge is 0.126 e. The molecule has 24 heavy (non-hydrogen) atoms. The van der Waals surface area contributed by atoms with E-state index in [9.17, 15) is 0 Å². The summed E-state index contributed by atoms with van der Waals surface area (Å²) in [5.41, 5.74) is 2.20. The Morgan fingerprint density at radius 2 is 0.833 bits per heavy atom. The summed E-state index contributed by atoms with van der Waals surface area (Å²) in [6, 6.07) is 27.6. The molecular formula is C22H18O2. The van der Waals surface area contributed by atoms with Crippen LogP contribution in [0, 0.1) is 0 Å². The summed E-state index contributed by atoms with van der Waals surface area (Å²) in [4.78, 5) is 0. The van der Waals surface area contributed by atoms with Crippen LogP contribution < -0.4 is 9.47 Å². The summed E-state index contributed by atoms with van der Waals surface area (Å²) in [6.07, 6.45) is 7.21. The maximum atomic E-state index is 5.58. The van der Waals surface area contributed by atoms with Gasteiger partial charge in [0.15, 0.2) is 0 Å². The molecule has 0 N–H and O–H groups in total. The third-order valence-corrected chi connectivity index (χ3v) is 3.35. The summed E-state index contributed by atoms with van der Waals surface area (Å²) >= 11 is 0. The third kappa shape index (κ3) is 4.89. The molecule has 0 aliphatic carbocycles. The first kappa shape index (κ1) is 15.6. The maximum Gasteiger partial charge on any atom is 0.126 e. The molecule has 3 aromatic carbocycles. The van der Waals surface area contributed by atoms with Gasteiger partial charge in [0.1, 0.15) is 11.5 Å². The topological polar surface area (TPSA) is 18.5 Å². The van der Waals surface area contributed by atoms with Gasteiger partial charge in [-0.2, -0.15) is 0 Å². The van der Waals surface area contributed by atoms with Crippen molar-refractivity contribution in [2.45, 2.75) is 0 Å². The highest BCUT2D eigenvalue weighted by atomic mass is 16.5. The van der Waals surface area contributed by atoms with Gasteiger partial charge in [0.05, 0.1) is 12.5 Å². The molecule has 0 unspecified atom stereocenters. The van der Waals surface area contributed by atoms with Gasteiger partial charge >= 0.3 is 0 Å². The van der Waals surface area contributed by atoms with E-state index < -0.39 is 0 Å². The number of benzene rings is 3. The Balaban J connectivity index is 1.52. The fourth-order valence-electron chi connectivity index (χ4n) is 2.11. The molecule has 0 atom stereocenters. The van der Waals surface area contributed by atoms with Crippen molar-refractivity contribution in [3.8, 4) is 11.5 Å². The SMILES string of the molecule is C(=Cc1ccccc1)Oc1ccc(OC=Cc2ccccc2)cc1. The fraction of sp³-hybridized carbons (Fsp3) is 0. The Morgan fingerprint density at radius 3 is 1.21 bits per heavy atom. The second-order valence-electron chi connectivity index (χ2n) is 5.13. The Labute approximate surface area is 142 Å². The van der Waals surface area contributed by atoms with Crippen molar-refractivity contribution in [2.75, 3.05) is 0 Å². The Morgan fingerprint density at radius 1 is 0.458 bits per heavy atom. The highest BCUT2D eigenvalue weighted by Crippen LogP contribution is 2.18. The number of ether oxygens (including phenoxy) is 2. The Hall–Kier alpha value is -3.26. The van der Waals surface area contributed by atoms with E-state index in [1.165, 1.54) is 0 Å². The third-order valence-electron chi connectivity index (χ3n) is 3.35. The maximum absolute atomic E-state index is 5.58. The van der Waals surface area contributed by atoms with E-state index in [4.69, 9.17) is 9.47 Å². The van der Waals surface area contributed by atoms with Gasteiger partial charge in [0.2, 0.25) is 0 Å². The molecule has 0 saturated carbocycles. The van der Waals surface area contributed by atoms with Crippen LogP contribution in [0.2, 0.25) is 0 Å². The zero-order valence-electron chi connectivity index (χ0n) is 13.2. The minimum atomic E-state index is 0.765. The highest BCUT2D eigenvalue weighted by molar-refractivity contribution is 5.49. The van der Waals surface area contributed by atoms with E-state index in [-0.39, 0.29) is 0 Å². The molecule has 3 rings (SSSR count). The van der Waals surface area contributed by atoms with Crippen molar-refractivity contribution in [2.24, 2.45) is 0 Å². The Kier molecular flexibility index (Phi) is 5.47. The molecule has 0 fully saturated rings. The highest BCUT2D eigenvalue weighted by Gasteiger charge is 1.94. The van der Waals surface area contributed by atoms with E-state index in [1.54, 1.807) is 12.5 Å². The monoisotopic (exact) mass is 314 g/mol. The predicted molar refractivity (Wildman–Crippen MR) is 98.7 cm³/mol. The molecular weight excluding hydrogens is 296 g/mol. The van der Waals surface area contributed by atoms with Crippen LogP contribution in [-0.4, -0.2) is 0 Å². The first-order chi connectivity index (χ1) is 11.9. The normalized spacial score (nSPS) is 11.0. The van der Waals surface area contributed by atoms with Crippen molar-refractivity contribution >= 4 is 12.2 Å². The van der Waals surface area contributed by atoms with Crippen molar-refractivity contribution < 1.29 is 9.47 Å².